The smallest absolute Gasteiger partial charge is 0.0529 e. The van der Waals surface area contributed by atoms with E-state index in [1.54, 1.807) is 0 Å². The Labute approximate surface area is 72.7 Å². The summed E-state index contributed by atoms with van der Waals surface area (Å²) in [6.07, 6.45) is 4.11. The molecule has 0 bridgehead atoms. The summed E-state index contributed by atoms with van der Waals surface area (Å²) in [7, 11) is 0. The first-order chi connectivity index (χ1) is 5.81. The van der Waals surface area contributed by atoms with E-state index in [-0.39, 0.29) is 0 Å². The van der Waals surface area contributed by atoms with Crippen LogP contribution in [-0.2, 0) is 6.42 Å². The van der Waals surface area contributed by atoms with Gasteiger partial charge in [0.05, 0.1) is 6.04 Å². The molecule has 1 atom stereocenters. The highest BCUT2D eigenvalue weighted by atomic mass is 14.8. The predicted molar refractivity (Wildman–Crippen MR) is 50.8 cm³/mol. The zero-order chi connectivity index (χ0) is 8.55. The molecule has 1 aliphatic rings. The average molecular weight is 162 g/mol. The molecule has 0 aliphatic carbocycles. The van der Waals surface area contributed by atoms with Gasteiger partial charge in [-0.3, -0.25) is 4.99 Å². The summed E-state index contributed by atoms with van der Waals surface area (Å²) in [6, 6.07) is 2.58. The number of rotatable bonds is 1. The molecule has 2 nitrogen and oxygen atoms in total. The fourth-order valence-corrected chi connectivity index (χ4v) is 1.80. The number of aliphatic imine (C=N–C) groups is 1. The summed E-state index contributed by atoms with van der Waals surface area (Å²) < 4.78 is 0. The summed E-state index contributed by atoms with van der Waals surface area (Å²) >= 11 is 0. The van der Waals surface area contributed by atoms with Crippen LogP contribution in [0.5, 0.6) is 0 Å². The van der Waals surface area contributed by atoms with Crippen LogP contribution in [0.1, 0.15) is 31.5 Å². The molecule has 0 radical (unpaired) electrons. The van der Waals surface area contributed by atoms with Gasteiger partial charge in [0.2, 0.25) is 0 Å². The molecule has 0 spiro atoms. The van der Waals surface area contributed by atoms with E-state index >= 15 is 0 Å². The topological polar surface area (TPSA) is 28.1 Å². The van der Waals surface area contributed by atoms with Crippen molar-refractivity contribution in [1.29, 1.82) is 0 Å². The van der Waals surface area contributed by atoms with Gasteiger partial charge in [-0.25, -0.2) is 0 Å². The average Bonchev–Trinajstić information content (AvgIpc) is 2.50. The van der Waals surface area contributed by atoms with Gasteiger partial charge < -0.3 is 4.98 Å². The Hall–Kier alpha value is -1.05. The van der Waals surface area contributed by atoms with Gasteiger partial charge in [-0.05, 0) is 19.4 Å². The molecule has 0 saturated carbocycles. The third-order valence-corrected chi connectivity index (χ3v) is 2.35. The minimum absolute atomic E-state index is 0.450. The van der Waals surface area contributed by atoms with Gasteiger partial charge >= 0.3 is 0 Å². The van der Waals surface area contributed by atoms with Crippen LogP contribution in [0.4, 0.5) is 0 Å². The Morgan fingerprint density at radius 2 is 2.50 bits per heavy atom. The van der Waals surface area contributed by atoms with E-state index in [1.807, 2.05) is 6.20 Å². The lowest BCUT2D eigenvalue weighted by Crippen LogP contribution is -2.17. The van der Waals surface area contributed by atoms with Crippen LogP contribution in [0.2, 0.25) is 0 Å². The van der Waals surface area contributed by atoms with Crippen LogP contribution in [0.15, 0.2) is 17.3 Å². The Balaban J connectivity index is 2.44. The number of fused-ring (bicyclic) bond motifs is 1. The maximum Gasteiger partial charge on any atom is 0.0529 e. The molecule has 12 heavy (non-hydrogen) atoms. The van der Waals surface area contributed by atoms with Crippen LogP contribution >= 0.6 is 0 Å². The second-order valence-corrected chi connectivity index (χ2v) is 3.35. The van der Waals surface area contributed by atoms with Crippen LogP contribution in [-0.4, -0.2) is 16.7 Å². The van der Waals surface area contributed by atoms with Crippen molar-refractivity contribution in [2.45, 2.75) is 32.7 Å². The van der Waals surface area contributed by atoms with Gasteiger partial charge in [0.15, 0.2) is 0 Å². The van der Waals surface area contributed by atoms with Crippen molar-refractivity contribution >= 4 is 5.71 Å². The molecule has 0 unspecified atom stereocenters. The summed E-state index contributed by atoms with van der Waals surface area (Å²) in [5.41, 5.74) is 3.94. The van der Waals surface area contributed by atoms with Gasteiger partial charge in [-0.15, -0.1) is 0 Å². The van der Waals surface area contributed by atoms with Gasteiger partial charge in [-0.2, -0.15) is 0 Å². The maximum atomic E-state index is 4.61. The molecule has 0 saturated heterocycles. The SMILES string of the molecule is CCC1=N[C@H](C)Cc2[nH]ccc21. The highest BCUT2D eigenvalue weighted by Gasteiger charge is 2.17. The van der Waals surface area contributed by atoms with Crippen LogP contribution in [0.25, 0.3) is 0 Å². The fraction of sp³-hybridized carbons (Fsp3) is 0.500. The van der Waals surface area contributed by atoms with Crippen molar-refractivity contribution in [1.82, 2.24) is 4.98 Å². The lowest BCUT2D eigenvalue weighted by molar-refractivity contribution is 0.711. The first kappa shape index (κ1) is 7.59. The van der Waals surface area contributed by atoms with Crippen molar-refractivity contribution in [2.24, 2.45) is 4.99 Å². The molecular weight excluding hydrogens is 148 g/mol. The molecule has 0 aromatic carbocycles. The van der Waals surface area contributed by atoms with Crippen molar-refractivity contribution < 1.29 is 0 Å². The molecule has 1 N–H and O–H groups in total. The van der Waals surface area contributed by atoms with Crippen LogP contribution in [0.3, 0.4) is 0 Å². The van der Waals surface area contributed by atoms with Crippen molar-refractivity contribution in [3.63, 3.8) is 0 Å². The predicted octanol–water partition coefficient (Wildman–Crippen LogP) is 2.16. The van der Waals surface area contributed by atoms with E-state index in [0.717, 1.165) is 12.8 Å². The minimum Gasteiger partial charge on any atom is -0.364 e. The van der Waals surface area contributed by atoms with Crippen molar-refractivity contribution in [3.8, 4) is 0 Å². The monoisotopic (exact) mass is 162 g/mol. The zero-order valence-corrected chi connectivity index (χ0v) is 7.59. The van der Waals surface area contributed by atoms with E-state index in [4.69, 9.17) is 0 Å². The van der Waals surface area contributed by atoms with Gasteiger partial charge in [0.25, 0.3) is 0 Å². The zero-order valence-electron chi connectivity index (χ0n) is 7.59. The second-order valence-electron chi connectivity index (χ2n) is 3.35. The first-order valence-corrected chi connectivity index (χ1v) is 4.54. The first-order valence-electron chi connectivity index (χ1n) is 4.54. The van der Waals surface area contributed by atoms with Crippen molar-refractivity contribution in [3.05, 3.63) is 23.5 Å². The Morgan fingerprint density at radius 3 is 3.25 bits per heavy atom. The Morgan fingerprint density at radius 1 is 1.67 bits per heavy atom. The van der Waals surface area contributed by atoms with E-state index in [1.165, 1.54) is 17.0 Å². The molecule has 1 aliphatic heterocycles. The molecule has 2 heterocycles. The highest BCUT2D eigenvalue weighted by Crippen LogP contribution is 2.19. The molecule has 0 amide bonds. The summed E-state index contributed by atoms with van der Waals surface area (Å²) in [4.78, 5) is 7.88. The normalized spacial score (nSPS) is 21.8. The molecule has 64 valence electrons. The minimum atomic E-state index is 0.450. The largest absolute Gasteiger partial charge is 0.364 e. The summed E-state index contributed by atoms with van der Waals surface area (Å²) in [5.74, 6) is 0. The highest BCUT2D eigenvalue weighted by molar-refractivity contribution is 6.02. The lowest BCUT2D eigenvalue weighted by Gasteiger charge is -2.16. The number of nitrogens with one attached hydrogen (secondary N) is 1. The van der Waals surface area contributed by atoms with E-state index in [0.29, 0.717) is 6.04 Å². The van der Waals surface area contributed by atoms with E-state index in [2.05, 4.69) is 29.9 Å². The third-order valence-electron chi connectivity index (χ3n) is 2.35. The molecule has 2 heteroatoms. The van der Waals surface area contributed by atoms with Crippen molar-refractivity contribution in [2.75, 3.05) is 0 Å². The van der Waals surface area contributed by atoms with Crippen LogP contribution < -0.4 is 0 Å². The lowest BCUT2D eigenvalue weighted by atomic mass is 10.00. The molecule has 0 fully saturated rings. The number of hydrogen-bond donors (Lipinski definition) is 1. The van der Waals surface area contributed by atoms with Gasteiger partial charge in [-0.1, -0.05) is 6.92 Å². The van der Waals surface area contributed by atoms with E-state index < -0.39 is 0 Å². The van der Waals surface area contributed by atoms with Gasteiger partial charge in [0, 0.05) is 29.6 Å². The van der Waals surface area contributed by atoms with Gasteiger partial charge in [0.1, 0.15) is 0 Å². The number of aromatic amines is 1. The molecule has 1 aromatic heterocycles. The molecule has 1 aromatic rings. The van der Waals surface area contributed by atoms with Crippen LogP contribution in [0, 0.1) is 0 Å². The fourth-order valence-electron chi connectivity index (χ4n) is 1.80. The Bertz CT molecular complexity index is 309. The number of nitrogens with zero attached hydrogens (tertiary/aromatic N) is 1. The Kier molecular flexibility index (Phi) is 1.75. The molecule has 2 rings (SSSR count). The quantitative estimate of drug-likeness (QED) is 0.655. The third kappa shape index (κ3) is 1.07. The van der Waals surface area contributed by atoms with E-state index in [9.17, 15) is 0 Å². The maximum absolute atomic E-state index is 4.61. The summed E-state index contributed by atoms with van der Waals surface area (Å²) in [6.45, 7) is 4.33. The molecular formula is C10H14N2. The number of aromatic nitrogens is 1. The second kappa shape index (κ2) is 2.77. The summed E-state index contributed by atoms with van der Waals surface area (Å²) in [5, 5.41) is 0. The standard InChI is InChI=1S/C10H14N2/c1-3-9-8-4-5-11-10(8)6-7(2)12-9/h4-5,7,11H,3,6H2,1-2H3/t7-/m1/s1. The number of H-pyrrole nitrogens is 1. The number of hydrogen-bond acceptors (Lipinski definition) is 1.